The van der Waals surface area contributed by atoms with Crippen LogP contribution in [0.5, 0.6) is 11.5 Å². The van der Waals surface area contributed by atoms with Crippen LogP contribution in [0.25, 0.3) is 22.2 Å². The molecule has 2 amide bonds. The predicted octanol–water partition coefficient (Wildman–Crippen LogP) is 4.08. The lowest BCUT2D eigenvalue weighted by Gasteiger charge is -2.29. The maximum atomic E-state index is 13.5. The summed E-state index contributed by atoms with van der Waals surface area (Å²) in [6, 6.07) is 16.4. The van der Waals surface area contributed by atoms with Crippen LogP contribution in [0.1, 0.15) is 36.0 Å². The Morgan fingerprint density at radius 3 is 2.64 bits per heavy atom. The predicted molar refractivity (Wildman–Crippen MR) is 134 cm³/mol. The first-order chi connectivity index (χ1) is 17.6. The van der Waals surface area contributed by atoms with E-state index >= 15 is 0 Å². The summed E-state index contributed by atoms with van der Waals surface area (Å²) in [4.78, 5) is 31.3. The molecule has 0 saturated heterocycles. The highest BCUT2D eigenvalue weighted by atomic mass is 16.6. The number of rotatable bonds is 5. The first-order valence-electron chi connectivity index (χ1n) is 12.0. The summed E-state index contributed by atoms with van der Waals surface area (Å²) in [6.45, 7) is 1.03. The van der Waals surface area contributed by atoms with Crippen LogP contribution in [-0.4, -0.2) is 45.7 Å². The van der Waals surface area contributed by atoms with E-state index in [1.807, 2.05) is 36.4 Å². The Morgan fingerprint density at radius 1 is 0.944 bits per heavy atom. The molecule has 3 N–H and O–H groups in total. The first-order valence-corrected chi connectivity index (χ1v) is 12.0. The van der Waals surface area contributed by atoms with E-state index in [-0.39, 0.29) is 11.8 Å². The third-order valence-corrected chi connectivity index (χ3v) is 6.78. The Labute approximate surface area is 207 Å². The molecule has 0 bridgehead atoms. The number of nitrogens with zero attached hydrogens (tertiary/aromatic N) is 2. The lowest BCUT2D eigenvalue weighted by molar-refractivity contribution is -0.122. The van der Waals surface area contributed by atoms with Crippen molar-refractivity contribution in [2.75, 3.05) is 18.5 Å². The van der Waals surface area contributed by atoms with E-state index in [2.05, 4.69) is 25.8 Å². The number of fused-ring (bicyclic) bond motifs is 2. The number of ether oxygens (including phenoxy) is 2. The van der Waals surface area contributed by atoms with Gasteiger partial charge in [-0.1, -0.05) is 18.9 Å². The van der Waals surface area contributed by atoms with E-state index in [1.165, 1.54) is 0 Å². The molecule has 4 aromatic rings. The molecule has 36 heavy (non-hydrogen) atoms. The second kappa shape index (κ2) is 8.99. The number of carbonyl (C=O) groups excluding carboxylic acids is 2. The van der Waals surface area contributed by atoms with Crippen molar-refractivity contribution in [1.82, 2.24) is 20.5 Å². The maximum Gasteiger partial charge on any atom is 0.252 e. The van der Waals surface area contributed by atoms with Crippen LogP contribution in [-0.2, 0) is 4.79 Å². The van der Waals surface area contributed by atoms with Gasteiger partial charge < -0.3 is 20.1 Å². The van der Waals surface area contributed by atoms with Crippen molar-refractivity contribution < 1.29 is 19.1 Å². The number of aromatic nitrogens is 3. The lowest BCUT2D eigenvalue weighted by Crippen LogP contribution is -2.55. The molecule has 0 spiro atoms. The first kappa shape index (κ1) is 22.1. The van der Waals surface area contributed by atoms with Crippen molar-refractivity contribution in [3.8, 4) is 22.8 Å². The van der Waals surface area contributed by atoms with Crippen molar-refractivity contribution >= 4 is 28.5 Å². The van der Waals surface area contributed by atoms with Crippen molar-refractivity contribution in [2.24, 2.45) is 0 Å². The van der Waals surface area contributed by atoms with Gasteiger partial charge in [-0.15, -0.1) is 0 Å². The van der Waals surface area contributed by atoms with Gasteiger partial charge in [0.05, 0.1) is 17.4 Å². The molecule has 3 heterocycles. The van der Waals surface area contributed by atoms with Crippen LogP contribution in [0, 0.1) is 0 Å². The second-order valence-corrected chi connectivity index (χ2v) is 9.14. The number of amides is 2. The molecule has 9 heteroatoms. The molecule has 2 aromatic carbocycles. The number of H-pyrrole nitrogens is 1. The third-order valence-electron chi connectivity index (χ3n) is 6.78. The van der Waals surface area contributed by atoms with Gasteiger partial charge >= 0.3 is 0 Å². The standard InChI is InChI=1S/C27H25N5O4/c33-25(18-6-8-21-19(14-18)16-28-32-21)31-27(10-1-2-11-27)26(34)30-24-5-3-4-20(29-24)17-7-9-22-23(15-17)36-13-12-35-22/h3-9,14-16H,1-2,10-13H2,(H,28,32)(H,31,33)(H,29,30,34). The Morgan fingerprint density at radius 2 is 1.78 bits per heavy atom. The van der Waals surface area contributed by atoms with Gasteiger partial charge in [0.15, 0.2) is 11.5 Å². The second-order valence-electron chi connectivity index (χ2n) is 9.14. The number of benzene rings is 2. The highest BCUT2D eigenvalue weighted by Gasteiger charge is 2.42. The van der Waals surface area contributed by atoms with Gasteiger partial charge in [0.1, 0.15) is 24.6 Å². The molecule has 9 nitrogen and oxygen atoms in total. The van der Waals surface area contributed by atoms with E-state index in [0.29, 0.717) is 54.6 Å². The highest BCUT2D eigenvalue weighted by Crippen LogP contribution is 2.35. The van der Waals surface area contributed by atoms with Crippen LogP contribution in [0.4, 0.5) is 5.82 Å². The molecule has 1 fully saturated rings. The molecule has 182 valence electrons. The molecule has 6 rings (SSSR count). The van der Waals surface area contributed by atoms with Gasteiger partial charge in [-0.05, 0) is 61.4 Å². The Balaban J connectivity index is 1.21. The Hall–Kier alpha value is -4.40. The Bertz CT molecular complexity index is 1460. The summed E-state index contributed by atoms with van der Waals surface area (Å²) in [5, 5.41) is 13.7. The molecule has 0 radical (unpaired) electrons. The lowest BCUT2D eigenvalue weighted by atomic mass is 9.95. The molecule has 2 aliphatic rings. The topological polar surface area (TPSA) is 118 Å². The molecular weight excluding hydrogens is 458 g/mol. The minimum absolute atomic E-state index is 0.260. The number of anilines is 1. The molecule has 0 unspecified atom stereocenters. The highest BCUT2D eigenvalue weighted by molar-refractivity contribution is 6.04. The number of hydrogen-bond acceptors (Lipinski definition) is 6. The fourth-order valence-corrected chi connectivity index (χ4v) is 4.86. The summed E-state index contributed by atoms with van der Waals surface area (Å²) in [5.74, 6) is 1.27. The Kier molecular flexibility index (Phi) is 5.52. The fraction of sp³-hybridized carbons (Fsp3) is 0.259. The maximum absolute atomic E-state index is 13.5. The van der Waals surface area contributed by atoms with Crippen molar-refractivity contribution in [2.45, 2.75) is 31.2 Å². The van der Waals surface area contributed by atoms with Crippen LogP contribution in [0.15, 0.2) is 60.8 Å². The molecule has 0 atom stereocenters. The SMILES string of the molecule is O=C(NC1(C(=O)Nc2cccc(-c3ccc4c(c3)OCCO4)n2)CCCC1)c1ccc2[nH]ncc2c1. The van der Waals surface area contributed by atoms with Crippen LogP contribution in [0.3, 0.4) is 0 Å². The van der Waals surface area contributed by atoms with Gasteiger partial charge in [0.2, 0.25) is 0 Å². The van der Waals surface area contributed by atoms with E-state index in [9.17, 15) is 9.59 Å². The van der Waals surface area contributed by atoms with Gasteiger partial charge in [0, 0.05) is 16.5 Å². The van der Waals surface area contributed by atoms with Gasteiger partial charge in [-0.3, -0.25) is 14.7 Å². The monoisotopic (exact) mass is 483 g/mol. The van der Waals surface area contributed by atoms with Crippen LogP contribution >= 0.6 is 0 Å². The summed E-state index contributed by atoms with van der Waals surface area (Å²) >= 11 is 0. The van der Waals surface area contributed by atoms with Gasteiger partial charge in [0.25, 0.3) is 11.8 Å². The van der Waals surface area contributed by atoms with E-state index in [1.54, 1.807) is 24.4 Å². The fourth-order valence-electron chi connectivity index (χ4n) is 4.86. The van der Waals surface area contributed by atoms with Crippen molar-refractivity contribution in [3.63, 3.8) is 0 Å². The zero-order chi connectivity index (χ0) is 24.5. The van der Waals surface area contributed by atoms with Crippen LogP contribution in [0.2, 0.25) is 0 Å². The zero-order valence-electron chi connectivity index (χ0n) is 19.5. The van der Waals surface area contributed by atoms with Crippen LogP contribution < -0.4 is 20.1 Å². The smallest absolute Gasteiger partial charge is 0.252 e. The number of aromatic amines is 1. The number of hydrogen-bond donors (Lipinski definition) is 3. The zero-order valence-corrected chi connectivity index (χ0v) is 19.5. The number of nitrogens with one attached hydrogen (secondary N) is 3. The summed E-state index contributed by atoms with van der Waals surface area (Å²) < 4.78 is 11.3. The normalized spacial score (nSPS) is 16.0. The summed E-state index contributed by atoms with van der Waals surface area (Å²) in [6.07, 6.45) is 4.53. The molecule has 2 aromatic heterocycles. The van der Waals surface area contributed by atoms with Crippen molar-refractivity contribution in [1.29, 1.82) is 0 Å². The van der Waals surface area contributed by atoms with E-state index in [4.69, 9.17) is 9.47 Å². The minimum atomic E-state index is -0.989. The summed E-state index contributed by atoms with van der Waals surface area (Å²) in [7, 11) is 0. The van der Waals surface area contributed by atoms with Crippen molar-refractivity contribution in [3.05, 3.63) is 66.4 Å². The van der Waals surface area contributed by atoms with Gasteiger partial charge in [-0.25, -0.2) is 4.98 Å². The number of pyridine rings is 1. The van der Waals surface area contributed by atoms with E-state index < -0.39 is 5.54 Å². The molecule has 1 aliphatic carbocycles. The minimum Gasteiger partial charge on any atom is -0.486 e. The third kappa shape index (κ3) is 4.13. The summed E-state index contributed by atoms with van der Waals surface area (Å²) in [5.41, 5.74) is 1.90. The largest absolute Gasteiger partial charge is 0.486 e. The molecule has 1 aliphatic heterocycles. The van der Waals surface area contributed by atoms with E-state index in [0.717, 1.165) is 29.3 Å². The quantitative estimate of drug-likeness (QED) is 0.394. The average Bonchev–Trinajstić information content (AvgIpc) is 3.58. The molecular formula is C27H25N5O4. The average molecular weight is 484 g/mol. The number of carbonyl (C=O) groups is 2. The molecule has 1 saturated carbocycles. The van der Waals surface area contributed by atoms with Gasteiger partial charge in [-0.2, -0.15) is 5.10 Å².